The largest absolute Gasteiger partial charge is 0.450 e. The minimum absolute atomic E-state index is 0.0525. The Balaban J connectivity index is 1.51. The van der Waals surface area contributed by atoms with Crippen LogP contribution in [0.2, 0.25) is 0 Å². The molecule has 0 aliphatic carbocycles. The molecule has 1 heterocycles. The van der Waals surface area contributed by atoms with Gasteiger partial charge in [-0.2, -0.15) is 0 Å². The number of primary amides is 1. The minimum atomic E-state index is -0.884. The molecule has 0 aromatic heterocycles. The molecule has 4 rings (SSSR count). The number of hydrogen-bond donors (Lipinski definition) is 1. The first-order valence-corrected chi connectivity index (χ1v) is 11.7. The van der Waals surface area contributed by atoms with Gasteiger partial charge in [-0.1, -0.05) is 36.4 Å². The Labute approximate surface area is 207 Å². The third kappa shape index (κ3) is 5.37. The number of halogens is 3. The van der Waals surface area contributed by atoms with E-state index < -0.39 is 23.1 Å². The molecule has 1 unspecified atom stereocenters. The normalized spacial score (nSPS) is 18.7. The average molecular weight is 497 g/mol. The highest BCUT2D eigenvalue weighted by Gasteiger charge is 2.41. The van der Waals surface area contributed by atoms with Gasteiger partial charge < -0.3 is 15.4 Å². The van der Waals surface area contributed by atoms with Crippen molar-refractivity contribution >= 4 is 12.0 Å². The number of ether oxygens (including phenoxy) is 1. The van der Waals surface area contributed by atoms with Crippen molar-refractivity contribution in [2.45, 2.75) is 37.6 Å². The molecule has 5 nitrogen and oxygen atoms in total. The number of hydrogen-bond acceptors (Lipinski definition) is 3. The molecule has 0 saturated carbocycles. The van der Waals surface area contributed by atoms with E-state index in [2.05, 4.69) is 0 Å². The molecule has 2 N–H and O–H groups in total. The summed E-state index contributed by atoms with van der Waals surface area (Å²) in [5.74, 6) is -1.73. The van der Waals surface area contributed by atoms with Gasteiger partial charge in [-0.25, -0.2) is 18.0 Å². The standard InChI is InChI=1S/C28H27F3N2O3/c1-18(19-2-4-20(5-3-19)24-11-10-23(30)16-25(24)31)33-14-12-28(17-26(33)34,13-15-36-27(32)35)21-6-8-22(29)9-7-21/h2-11,16,18H,12-15,17H2,1H3,(H2,32,35)/t18-,28?/m0/s1. The molecular weight excluding hydrogens is 469 g/mol. The zero-order chi connectivity index (χ0) is 25.9. The van der Waals surface area contributed by atoms with Gasteiger partial charge in [0.15, 0.2) is 0 Å². The summed E-state index contributed by atoms with van der Waals surface area (Å²) in [6.07, 6.45) is 0.262. The van der Waals surface area contributed by atoms with E-state index >= 15 is 0 Å². The maximum absolute atomic E-state index is 14.2. The molecule has 8 heteroatoms. The number of carbonyl (C=O) groups excluding carboxylic acids is 2. The summed E-state index contributed by atoms with van der Waals surface area (Å²) < 4.78 is 45.9. The Hall–Kier alpha value is -3.81. The van der Waals surface area contributed by atoms with Crippen molar-refractivity contribution in [2.24, 2.45) is 5.73 Å². The molecule has 0 radical (unpaired) electrons. The van der Waals surface area contributed by atoms with Gasteiger partial charge in [0.2, 0.25) is 5.91 Å². The van der Waals surface area contributed by atoms with Crippen LogP contribution in [0.1, 0.15) is 43.4 Å². The Morgan fingerprint density at radius 2 is 1.69 bits per heavy atom. The minimum Gasteiger partial charge on any atom is -0.450 e. The summed E-state index contributed by atoms with van der Waals surface area (Å²) in [7, 11) is 0. The molecule has 3 aromatic rings. The van der Waals surface area contributed by atoms with Gasteiger partial charge in [-0.05, 0) is 60.7 Å². The second kappa shape index (κ2) is 10.4. The molecule has 3 aromatic carbocycles. The van der Waals surface area contributed by atoms with Crippen LogP contribution in [0.4, 0.5) is 18.0 Å². The van der Waals surface area contributed by atoms with E-state index in [9.17, 15) is 22.8 Å². The van der Waals surface area contributed by atoms with E-state index in [0.717, 1.165) is 17.2 Å². The molecule has 2 amide bonds. The van der Waals surface area contributed by atoms with Crippen LogP contribution in [0.3, 0.4) is 0 Å². The van der Waals surface area contributed by atoms with E-state index in [1.807, 2.05) is 19.1 Å². The maximum Gasteiger partial charge on any atom is 0.404 e. The number of carbonyl (C=O) groups is 2. The summed E-state index contributed by atoms with van der Waals surface area (Å²) in [4.78, 5) is 26.2. The summed E-state index contributed by atoms with van der Waals surface area (Å²) in [5, 5.41) is 0. The Kier molecular flexibility index (Phi) is 7.33. The van der Waals surface area contributed by atoms with Gasteiger partial charge in [0.05, 0.1) is 12.6 Å². The number of nitrogens with zero attached hydrogens (tertiary/aromatic N) is 1. The Bertz CT molecular complexity index is 1250. The van der Waals surface area contributed by atoms with E-state index in [0.29, 0.717) is 30.5 Å². The molecule has 0 bridgehead atoms. The number of nitrogens with two attached hydrogens (primary N) is 1. The highest BCUT2D eigenvalue weighted by molar-refractivity contribution is 5.79. The van der Waals surface area contributed by atoms with Gasteiger partial charge in [-0.15, -0.1) is 0 Å². The summed E-state index contributed by atoms with van der Waals surface area (Å²) in [5.41, 5.74) is 7.08. The Morgan fingerprint density at radius 3 is 2.31 bits per heavy atom. The zero-order valence-electron chi connectivity index (χ0n) is 19.8. The van der Waals surface area contributed by atoms with Gasteiger partial charge in [-0.3, -0.25) is 4.79 Å². The molecular formula is C28H27F3N2O3. The van der Waals surface area contributed by atoms with Crippen LogP contribution in [-0.2, 0) is 14.9 Å². The highest BCUT2D eigenvalue weighted by atomic mass is 19.1. The van der Waals surface area contributed by atoms with Crippen LogP contribution in [0.15, 0.2) is 66.7 Å². The predicted octanol–water partition coefficient (Wildman–Crippen LogP) is 5.88. The fraction of sp³-hybridized carbons (Fsp3) is 0.286. The number of piperidine rings is 1. The van der Waals surface area contributed by atoms with Crippen LogP contribution in [0.25, 0.3) is 11.1 Å². The van der Waals surface area contributed by atoms with Crippen LogP contribution in [-0.4, -0.2) is 30.1 Å². The first kappa shape index (κ1) is 25.3. The lowest BCUT2D eigenvalue weighted by atomic mass is 9.70. The van der Waals surface area contributed by atoms with Crippen molar-refractivity contribution in [1.82, 2.24) is 4.90 Å². The predicted molar refractivity (Wildman–Crippen MR) is 129 cm³/mol. The molecule has 1 aliphatic rings. The second-order valence-electron chi connectivity index (χ2n) is 9.14. The number of benzene rings is 3. The highest BCUT2D eigenvalue weighted by Crippen LogP contribution is 2.41. The average Bonchev–Trinajstić information content (AvgIpc) is 2.84. The molecule has 1 fully saturated rings. The number of amides is 2. The van der Waals surface area contributed by atoms with Crippen molar-refractivity contribution in [2.75, 3.05) is 13.2 Å². The quantitative estimate of drug-likeness (QED) is 0.444. The molecule has 2 atom stereocenters. The van der Waals surface area contributed by atoms with Crippen LogP contribution < -0.4 is 5.73 Å². The van der Waals surface area contributed by atoms with E-state index in [1.165, 1.54) is 24.3 Å². The van der Waals surface area contributed by atoms with Crippen molar-refractivity contribution in [1.29, 1.82) is 0 Å². The Morgan fingerprint density at radius 1 is 1.03 bits per heavy atom. The van der Waals surface area contributed by atoms with Gasteiger partial charge >= 0.3 is 6.09 Å². The summed E-state index contributed by atoms with van der Waals surface area (Å²) in [6, 6.07) is 16.4. The smallest absolute Gasteiger partial charge is 0.404 e. The number of likely N-dealkylation sites (tertiary alicyclic amines) is 1. The molecule has 1 saturated heterocycles. The molecule has 1 aliphatic heterocycles. The zero-order valence-corrected chi connectivity index (χ0v) is 19.8. The van der Waals surface area contributed by atoms with Crippen LogP contribution in [0.5, 0.6) is 0 Å². The van der Waals surface area contributed by atoms with E-state index in [4.69, 9.17) is 10.5 Å². The van der Waals surface area contributed by atoms with Crippen molar-refractivity contribution in [3.8, 4) is 11.1 Å². The van der Waals surface area contributed by atoms with E-state index in [-0.39, 0.29) is 30.8 Å². The lowest BCUT2D eigenvalue weighted by Crippen LogP contribution is -2.47. The SMILES string of the molecule is C[C@@H](c1ccc(-c2ccc(F)cc2F)cc1)N1CCC(CCOC(N)=O)(c2ccc(F)cc2)CC1=O. The fourth-order valence-corrected chi connectivity index (χ4v) is 4.95. The fourth-order valence-electron chi connectivity index (χ4n) is 4.95. The first-order valence-electron chi connectivity index (χ1n) is 11.7. The van der Waals surface area contributed by atoms with Crippen LogP contribution in [0, 0.1) is 17.5 Å². The van der Waals surface area contributed by atoms with Crippen molar-refractivity contribution in [3.05, 3.63) is 95.3 Å². The second-order valence-corrected chi connectivity index (χ2v) is 9.14. The number of rotatable bonds is 7. The van der Waals surface area contributed by atoms with Gasteiger partial charge in [0.25, 0.3) is 0 Å². The summed E-state index contributed by atoms with van der Waals surface area (Å²) in [6.45, 7) is 2.42. The lowest BCUT2D eigenvalue weighted by Gasteiger charge is -2.44. The summed E-state index contributed by atoms with van der Waals surface area (Å²) >= 11 is 0. The first-order chi connectivity index (χ1) is 17.2. The molecule has 0 spiro atoms. The van der Waals surface area contributed by atoms with Crippen molar-refractivity contribution < 1.29 is 27.5 Å². The third-order valence-electron chi connectivity index (χ3n) is 7.03. The van der Waals surface area contributed by atoms with Gasteiger partial charge in [0, 0.05) is 30.0 Å². The third-order valence-corrected chi connectivity index (χ3v) is 7.03. The van der Waals surface area contributed by atoms with Crippen LogP contribution >= 0.6 is 0 Å². The topological polar surface area (TPSA) is 72.6 Å². The van der Waals surface area contributed by atoms with Gasteiger partial charge in [0.1, 0.15) is 17.5 Å². The van der Waals surface area contributed by atoms with Crippen molar-refractivity contribution in [3.63, 3.8) is 0 Å². The lowest BCUT2D eigenvalue weighted by molar-refractivity contribution is -0.138. The van der Waals surface area contributed by atoms with E-state index in [1.54, 1.807) is 29.2 Å². The maximum atomic E-state index is 14.2. The molecule has 36 heavy (non-hydrogen) atoms. The monoisotopic (exact) mass is 496 g/mol. The molecule has 188 valence electrons.